The maximum atomic E-state index is 12.0. The minimum Gasteiger partial charge on any atom is -0.494 e. The normalized spacial score (nSPS) is 10.8. The van der Waals surface area contributed by atoms with E-state index in [-0.39, 0.29) is 12.1 Å². The van der Waals surface area contributed by atoms with Crippen molar-refractivity contribution in [2.75, 3.05) is 6.61 Å². The van der Waals surface area contributed by atoms with E-state index in [4.69, 9.17) is 14.4 Å². The molecule has 0 fully saturated rings. The maximum absolute atomic E-state index is 12.0. The summed E-state index contributed by atoms with van der Waals surface area (Å²) in [5.41, 5.74) is 0.795. The molecule has 2 rings (SSSR count). The van der Waals surface area contributed by atoms with Gasteiger partial charge in [-0.2, -0.15) is 5.26 Å². The highest BCUT2D eigenvalue weighted by atomic mass is 16.5. The van der Waals surface area contributed by atoms with Gasteiger partial charge in [-0.15, -0.1) is 0 Å². The van der Waals surface area contributed by atoms with Gasteiger partial charge in [0.15, 0.2) is 0 Å². The van der Waals surface area contributed by atoms with Crippen molar-refractivity contribution in [2.45, 2.75) is 13.5 Å². The maximum Gasteiger partial charge on any atom is 0.262 e. The van der Waals surface area contributed by atoms with E-state index in [0.29, 0.717) is 12.4 Å². The summed E-state index contributed by atoms with van der Waals surface area (Å²) in [6, 6.07) is 12.6. The summed E-state index contributed by atoms with van der Waals surface area (Å²) in [5.74, 6) is 0.944. The Labute approximate surface area is 128 Å². The first-order valence-electron chi connectivity index (χ1n) is 6.88. The summed E-state index contributed by atoms with van der Waals surface area (Å²) in [7, 11) is 0. The molecular formula is C17H16N2O3. The van der Waals surface area contributed by atoms with E-state index in [0.717, 1.165) is 11.3 Å². The van der Waals surface area contributed by atoms with Crippen LogP contribution in [0.4, 0.5) is 0 Å². The lowest BCUT2D eigenvalue weighted by Gasteiger charge is -2.04. The molecule has 112 valence electrons. The number of amides is 1. The topological polar surface area (TPSA) is 75.3 Å². The van der Waals surface area contributed by atoms with Crippen molar-refractivity contribution < 1.29 is 13.9 Å². The SMILES string of the molecule is CCOc1ccc(C=C(C#N)C(=O)NCc2ccco2)cc1. The first-order valence-corrected chi connectivity index (χ1v) is 6.88. The van der Waals surface area contributed by atoms with Crippen molar-refractivity contribution in [3.05, 3.63) is 59.6 Å². The van der Waals surface area contributed by atoms with Crippen LogP contribution in [0.2, 0.25) is 0 Å². The Hall–Kier alpha value is -3.00. The number of hydrogen-bond acceptors (Lipinski definition) is 4. The number of rotatable bonds is 6. The van der Waals surface area contributed by atoms with Gasteiger partial charge in [0.2, 0.25) is 0 Å². The smallest absolute Gasteiger partial charge is 0.262 e. The van der Waals surface area contributed by atoms with Gasteiger partial charge in [0.25, 0.3) is 5.91 Å². The monoisotopic (exact) mass is 296 g/mol. The van der Waals surface area contributed by atoms with Crippen LogP contribution in [-0.2, 0) is 11.3 Å². The second kappa shape index (κ2) is 7.70. The molecule has 0 aliphatic rings. The van der Waals surface area contributed by atoms with Crippen LogP contribution in [-0.4, -0.2) is 12.5 Å². The molecule has 5 nitrogen and oxygen atoms in total. The number of ether oxygens (including phenoxy) is 1. The fourth-order valence-electron chi connectivity index (χ4n) is 1.82. The predicted octanol–water partition coefficient (Wildman–Crippen LogP) is 2.90. The van der Waals surface area contributed by atoms with Crippen molar-refractivity contribution in [2.24, 2.45) is 0 Å². The Morgan fingerprint density at radius 3 is 2.73 bits per heavy atom. The minimum atomic E-state index is -0.437. The molecule has 0 aliphatic carbocycles. The van der Waals surface area contributed by atoms with E-state index < -0.39 is 5.91 Å². The fourth-order valence-corrected chi connectivity index (χ4v) is 1.82. The van der Waals surface area contributed by atoms with E-state index >= 15 is 0 Å². The molecule has 1 heterocycles. The number of nitrogens with zero attached hydrogens (tertiary/aromatic N) is 1. The number of nitriles is 1. The summed E-state index contributed by atoms with van der Waals surface area (Å²) in [6.45, 7) is 2.74. The molecule has 0 unspecified atom stereocenters. The van der Waals surface area contributed by atoms with E-state index in [9.17, 15) is 4.79 Å². The lowest BCUT2D eigenvalue weighted by atomic mass is 10.1. The average Bonchev–Trinajstić information content (AvgIpc) is 3.05. The largest absolute Gasteiger partial charge is 0.494 e. The molecule has 0 aliphatic heterocycles. The highest BCUT2D eigenvalue weighted by molar-refractivity contribution is 6.01. The molecule has 0 spiro atoms. The molecule has 0 bridgehead atoms. The lowest BCUT2D eigenvalue weighted by Crippen LogP contribution is -2.23. The van der Waals surface area contributed by atoms with Gasteiger partial charge in [0.05, 0.1) is 19.4 Å². The second-order valence-electron chi connectivity index (χ2n) is 4.43. The molecule has 1 aromatic carbocycles. The Balaban J connectivity index is 2.03. The van der Waals surface area contributed by atoms with E-state index in [1.807, 2.05) is 13.0 Å². The standard InChI is InChI=1S/C17H16N2O3/c1-2-21-15-7-5-13(6-8-15)10-14(11-18)17(20)19-12-16-4-3-9-22-16/h3-10H,2,12H2,1H3,(H,19,20). The summed E-state index contributed by atoms with van der Waals surface area (Å²) < 4.78 is 10.5. The van der Waals surface area contributed by atoms with Crippen LogP contribution in [0, 0.1) is 11.3 Å². The van der Waals surface area contributed by atoms with Gasteiger partial charge >= 0.3 is 0 Å². The molecule has 0 saturated carbocycles. The van der Waals surface area contributed by atoms with Gasteiger partial charge in [-0.25, -0.2) is 0 Å². The Bertz CT molecular complexity index is 680. The quantitative estimate of drug-likeness (QED) is 0.657. The van der Waals surface area contributed by atoms with Crippen LogP contribution in [0.25, 0.3) is 6.08 Å². The van der Waals surface area contributed by atoms with Gasteiger partial charge < -0.3 is 14.5 Å². The molecule has 5 heteroatoms. The Kier molecular flexibility index (Phi) is 5.38. The summed E-state index contributed by atoms with van der Waals surface area (Å²) in [4.78, 5) is 12.0. The van der Waals surface area contributed by atoms with Crippen LogP contribution in [0.15, 0.2) is 52.7 Å². The van der Waals surface area contributed by atoms with Gasteiger partial charge in [-0.1, -0.05) is 12.1 Å². The summed E-state index contributed by atoms with van der Waals surface area (Å²) >= 11 is 0. The summed E-state index contributed by atoms with van der Waals surface area (Å²) in [5, 5.41) is 11.8. The highest BCUT2D eigenvalue weighted by Crippen LogP contribution is 2.14. The van der Waals surface area contributed by atoms with E-state index in [1.165, 1.54) is 12.3 Å². The van der Waals surface area contributed by atoms with Crippen molar-refractivity contribution in [1.82, 2.24) is 5.32 Å². The van der Waals surface area contributed by atoms with Crippen LogP contribution < -0.4 is 10.1 Å². The summed E-state index contributed by atoms with van der Waals surface area (Å²) in [6.07, 6.45) is 3.07. The van der Waals surface area contributed by atoms with Crippen molar-refractivity contribution in [1.29, 1.82) is 5.26 Å². The molecule has 1 amide bonds. The fraction of sp³-hybridized carbons (Fsp3) is 0.176. The zero-order valence-corrected chi connectivity index (χ0v) is 12.2. The van der Waals surface area contributed by atoms with Gasteiger partial charge in [0, 0.05) is 0 Å². The Morgan fingerprint density at radius 2 is 2.14 bits per heavy atom. The molecule has 0 saturated heterocycles. The number of carbonyl (C=O) groups excluding carboxylic acids is 1. The van der Waals surface area contributed by atoms with Crippen LogP contribution >= 0.6 is 0 Å². The number of furan rings is 1. The first kappa shape index (κ1) is 15.4. The van der Waals surface area contributed by atoms with Gasteiger partial charge in [0.1, 0.15) is 23.2 Å². The zero-order valence-electron chi connectivity index (χ0n) is 12.2. The van der Waals surface area contributed by atoms with Gasteiger partial charge in [-0.3, -0.25) is 4.79 Å². The third-order valence-electron chi connectivity index (χ3n) is 2.87. The lowest BCUT2D eigenvalue weighted by molar-refractivity contribution is -0.117. The number of carbonyl (C=O) groups is 1. The van der Waals surface area contributed by atoms with Crippen molar-refractivity contribution in [3.8, 4) is 11.8 Å². The van der Waals surface area contributed by atoms with Crippen molar-refractivity contribution in [3.63, 3.8) is 0 Å². The third-order valence-corrected chi connectivity index (χ3v) is 2.87. The van der Waals surface area contributed by atoms with E-state index in [1.54, 1.807) is 36.4 Å². The van der Waals surface area contributed by atoms with Crippen LogP contribution in [0.1, 0.15) is 18.2 Å². The second-order valence-corrected chi connectivity index (χ2v) is 4.43. The molecule has 1 N–H and O–H groups in total. The highest BCUT2D eigenvalue weighted by Gasteiger charge is 2.09. The van der Waals surface area contributed by atoms with Crippen LogP contribution in [0.3, 0.4) is 0 Å². The molecular weight excluding hydrogens is 280 g/mol. The molecule has 2 aromatic rings. The predicted molar refractivity (Wildman–Crippen MR) is 81.8 cm³/mol. The minimum absolute atomic E-state index is 0.0377. The van der Waals surface area contributed by atoms with Gasteiger partial charge in [-0.05, 0) is 42.8 Å². The van der Waals surface area contributed by atoms with Crippen LogP contribution in [0.5, 0.6) is 5.75 Å². The zero-order chi connectivity index (χ0) is 15.8. The van der Waals surface area contributed by atoms with E-state index in [2.05, 4.69) is 5.32 Å². The first-order chi connectivity index (χ1) is 10.7. The Morgan fingerprint density at radius 1 is 1.36 bits per heavy atom. The number of benzene rings is 1. The third kappa shape index (κ3) is 4.25. The average molecular weight is 296 g/mol. The number of nitrogens with one attached hydrogen (secondary N) is 1. The molecule has 22 heavy (non-hydrogen) atoms. The number of hydrogen-bond donors (Lipinski definition) is 1. The molecule has 0 radical (unpaired) electrons. The molecule has 0 atom stereocenters. The van der Waals surface area contributed by atoms with Crippen molar-refractivity contribution >= 4 is 12.0 Å². The molecule has 1 aromatic heterocycles.